The summed E-state index contributed by atoms with van der Waals surface area (Å²) in [7, 11) is 1.53. The molecule has 1 fully saturated rings. The number of hydrogen-bond acceptors (Lipinski definition) is 5. The smallest absolute Gasteiger partial charge is 0.308 e. The van der Waals surface area contributed by atoms with Crippen LogP contribution in [0, 0.1) is 5.92 Å². The fourth-order valence-electron chi connectivity index (χ4n) is 4.05. The van der Waals surface area contributed by atoms with E-state index in [1.807, 2.05) is 25.1 Å². The highest BCUT2D eigenvalue weighted by atomic mass is 16.5. The van der Waals surface area contributed by atoms with Crippen LogP contribution in [-0.2, 0) is 9.59 Å². The quantitative estimate of drug-likeness (QED) is 0.566. The van der Waals surface area contributed by atoms with E-state index in [1.165, 1.54) is 7.11 Å². The van der Waals surface area contributed by atoms with Crippen molar-refractivity contribution < 1.29 is 24.2 Å². The van der Waals surface area contributed by atoms with Crippen molar-refractivity contribution in [2.75, 3.05) is 7.11 Å². The van der Waals surface area contributed by atoms with E-state index in [2.05, 4.69) is 15.6 Å². The Kier molecular flexibility index (Phi) is 7.44. The number of hydrogen-bond donors (Lipinski definition) is 3. The molecule has 31 heavy (non-hydrogen) atoms. The third kappa shape index (κ3) is 5.31. The zero-order chi connectivity index (χ0) is 22.4. The molecule has 0 bridgehead atoms. The minimum Gasteiger partial charge on any atom is -0.496 e. The molecule has 1 heterocycles. The van der Waals surface area contributed by atoms with Crippen LogP contribution in [-0.4, -0.2) is 47.1 Å². The molecule has 8 nitrogen and oxygen atoms in total. The Morgan fingerprint density at radius 1 is 1.26 bits per heavy atom. The molecule has 2 aromatic rings. The zero-order valence-corrected chi connectivity index (χ0v) is 17.9. The molecule has 0 radical (unpaired) electrons. The Balaban J connectivity index is 1.77. The minimum atomic E-state index is -0.899. The second-order valence-corrected chi connectivity index (χ2v) is 7.89. The van der Waals surface area contributed by atoms with Gasteiger partial charge >= 0.3 is 5.97 Å². The summed E-state index contributed by atoms with van der Waals surface area (Å²) in [5.74, 6) is -1.78. The fourth-order valence-corrected chi connectivity index (χ4v) is 4.05. The maximum absolute atomic E-state index is 12.9. The van der Waals surface area contributed by atoms with Gasteiger partial charge in [-0.25, -0.2) is 4.98 Å². The van der Waals surface area contributed by atoms with Crippen molar-refractivity contribution in [3.8, 4) is 5.75 Å². The van der Waals surface area contributed by atoms with Crippen LogP contribution in [0.3, 0.4) is 0 Å². The molecule has 1 aliphatic carbocycles. The molecule has 3 rings (SSSR count). The van der Waals surface area contributed by atoms with Gasteiger partial charge in [-0.2, -0.15) is 0 Å². The van der Waals surface area contributed by atoms with Gasteiger partial charge in [0, 0.05) is 17.5 Å². The fraction of sp³-hybridized carbons (Fsp3) is 0.478. The number of benzene rings is 1. The monoisotopic (exact) mass is 427 g/mol. The maximum atomic E-state index is 12.9. The molecule has 1 aromatic heterocycles. The number of carboxylic acid groups (broad SMARTS) is 1. The van der Waals surface area contributed by atoms with Crippen molar-refractivity contribution in [2.45, 2.75) is 57.5 Å². The van der Waals surface area contributed by atoms with Gasteiger partial charge in [0.05, 0.1) is 18.5 Å². The summed E-state index contributed by atoms with van der Waals surface area (Å²) < 4.78 is 5.40. The molecular formula is C23H29N3O5. The molecule has 8 heteroatoms. The Labute approximate surface area is 181 Å². The van der Waals surface area contributed by atoms with Gasteiger partial charge in [-0.1, -0.05) is 38.3 Å². The van der Waals surface area contributed by atoms with E-state index in [9.17, 15) is 19.5 Å². The van der Waals surface area contributed by atoms with Gasteiger partial charge in [-0.05, 0) is 31.4 Å². The molecule has 0 spiro atoms. The van der Waals surface area contributed by atoms with E-state index in [0.29, 0.717) is 30.5 Å². The Hall–Kier alpha value is -3.16. The van der Waals surface area contributed by atoms with E-state index >= 15 is 0 Å². The Morgan fingerprint density at radius 3 is 2.74 bits per heavy atom. The van der Waals surface area contributed by atoms with Gasteiger partial charge in [0.25, 0.3) is 5.91 Å². The van der Waals surface area contributed by atoms with Crippen LogP contribution in [0.1, 0.15) is 55.9 Å². The van der Waals surface area contributed by atoms with Crippen LogP contribution in [0.2, 0.25) is 0 Å². The lowest BCUT2D eigenvalue weighted by molar-refractivity contribution is -0.142. The summed E-state index contributed by atoms with van der Waals surface area (Å²) >= 11 is 0. The molecule has 0 aliphatic heterocycles. The highest BCUT2D eigenvalue weighted by Crippen LogP contribution is 2.27. The average molecular weight is 428 g/mol. The number of fused-ring (bicyclic) bond motifs is 1. The third-order valence-electron chi connectivity index (χ3n) is 5.76. The van der Waals surface area contributed by atoms with Crippen LogP contribution < -0.4 is 15.4 Å². The van der Waals surface area contributed by atoms with Crippen LogP contribution in [0.25, 0.3) is 10.9 Å². The first-order valence-corrected chi connectivity index (χ1v) is 10.7. The van der Waals surface area contributed by atoms with Gasteiger partial charge < -0.3 is 20.5 Å². The summed E-state index contributed by atoms with van der Waals surface area (Å²) in [6.45, 7) is 2.00. The van der Waals surface area contributed by atoms with Gasteiger partial charge in [0.2, 0.25) is 5.91 Å². The number of aromatic nitrogens is 1. The molecule has 0 saturated heterocycles. The lowest BCUT2D eigenvalue weighted by atomic mass is 10.0. The summed E-state index contributed by atoms with van der Waals surface area (Å²) in [4.78, 5) is 41.7. The molecule has 1 saturated carbocycles. The molecule has 166 valence electrons. The van der Waals surface area contributed by atoms with Crippen molar-refractivity contribution >= 4 is 28.7 Å². The standard InChI is InChI=1S/C23H29N3O5/c1-3-4-10-18(21(27)25-17-12-7-9-15(17)23(29)30)26-22(28)19-13-20(31-2)14-8-5-6-11-16(14)24-19/h5-6,8,11,13,15,17-18H,3-4,7,9-10,12H2,1-2H3,(H,25,27)(H,26,28)(H,29,30)/t15-,17+,18+/m1/s1. The van der Waals surface area contributed by atoms with Crippen molar-refractivity contribution in [1.29, 1.82) is 0 Å². The predicted molar refractivity (Wildman–Crippen MR) is 116 cm³/mol. The molecule has 2 amide bonds. The maximum Gasteiger partial charge on any atom is 0.308 e. The number of amides is 2. The summed E-state index contributed by atoms with van der Waals surface area (Å²) in [6, 6.07) is 7.73. The van der Waals surface area contributed by atoms with Gasteiger partial charge in [-0.3, -0.25) is 14.4 Å². The molecule has 1 aliphatic rings. The largest absolute Gasteiger partial charge is 0.496 e. The molecular weight excluding hydrogens is 398 g/mol. The van der Waals surface area contributed by atoms with Crippen LogP contribution in [0.15, 0.2) is 30.3 Å². The number of carboxylic acids is 1. The first-order chi connectivity index (χ1) is 14.9. The van der Waals surface area contributed by atoms with Crippen LogP contribution >= 0.6 is 0 Å². The second-order valence-electron chi connectivity index (χ2n) is 7.89. The number of nitrogens with zero attached hydrogens (tertiary/aromatic N) is 1. The Morgan fingerprint density at radius 2 is 2.03 bits per heavy atom. The van der Waals surface area contributed by atoms with E-state index in [1.54, 1.807) is 12.1 Å². The number of ether oxygens (including phenoxy) is 1. The van der Waals surface area contributed by atoms with Crippen molar-refractivity contribution in [2.24, 2.45) is 5.92 Å². The normalized spacial score (nSPS) is 19.0. The van der Waals surface area contributed by atoms with Gasteiger partial charge in [0.15, 0.2) is 0 Å². The topological polar surface area (TPSA) is 118 Å². The second kappa shape index (κ2) is 10.2. The van der Waals surface area contributed by atoms with Crippen LogP contribution in [0.4, 0.5) is 0 Å². The number of carbonyl (C=O) groups excluding carboxylic acids is 2. The number of pyridine rings is 1. The van der Waals surface area contributed by atoms with E-state index in [4.69, 9.17) is 4.74 Å². The number of para-hydroxylation sites is 1. The number of aliphatic carboxylic acids is 1. The van der Waals surface area contributed by atoms with Crippen molar-refractivity contribution in [3.63, 3.8) is 0 Å². The molecule has 3 N–H and O–H groups in total. The van der Waals surface area contributed by atoms with Gasteiger partial charge in [-0.15, -0.1) is 0 Å². The predicted octanol–water partition coefficient (Wildman–Crippen LogP) is 2.90. The number of unbranched alkanes of at least 4 members (excludes halogenated alkanes) is 1. The minimum absolute atomic E-state index is 0.161. The lowest BCUT2D eigenvalue weighted by Gasteiger charge is -2.23. The molecule has 0 unspecified atom stereocenters. The summed E-state index contributed by atoms with van der Waals surface area (Å²) in [6.07, 6.45) is 4.01. The van der Waals surface area contributed by atoms with E-state index in [0.717, 1.165) is 24.6 Å². The number of carbonyl (C=O) groups is 3. The van der Waals surface area contributed by atoms with Crippen molar-refractivity contribution in [1.82, 2.24) is 15.6 Å². The number of nitrogens with one attached hydrogen (secondary N) is 2. The lowest BCUT2D eigenvalue weighted by Crippen LogP contribution is -2.51. The van der Waals surface area contributed by atoms with Crippen LogP contribution in [0.5, 0.6) is 5.75 Å². The summed E-state index contributed by atoms with van der Waals surface area (Å²) in [5.41, 5.74) is 0.783. The van der Waals surface area contributed by atoms with Gasteiger partial charge in [0.1, 0.15) is 17.5 Å². The van der Waals surface area contributed by atoms with E-state index in [-0.39, 0.29) is 11.6 Å². The first kappa shape index (κ1) is 22.5. The number of rotatable bonds is 9. The molecule has 3 atom stereocenters. The summed E-state index contributed by atoms with van der Waals surface area (Å²) in [5, 5.41) is 15.8. The Bertz CT molecular complexity index is 961. The third-order valence-corrected chi connectivity index (χ3v) is 5.76. The SMILES string of the molecule is CCCC[C@H](NC(=O)c1cc(OC)c2ccccc2n1)C(=O)N[C@H]1CCC[C@H]1C(=O)O. The zero-order valence-electron chi connectivity index (χ0n) is 17.9. The van der Waals surface area contributed by atoms with E-state index < -0.39 is 29.9 Å². The average Bonchev–Trinajstić information content (AvgIpc) is 3.23. The first-order valence-electron chi connectivity index (χ1n) is 10.7. The highest BCUT2D eigenvalue weighted by Gasteiger charge is 2.35. The highest BCUT2D eigenvalue weighted by molar-refractivity contribution is 5.99. The van der Waals surface area contributed by atoms with Crippen molar-refractivity contribution in [3.05, 3.63) is 36.0 Å². The number of methoxy groups -OCH3 is 1. The molecule has 1 aromatic carbocycles.